The van der Waals surface area contributed by atoms with E-state index in [4.69, 9.17) is 14.2 Å². The van der Waals surface area contributed by atoms with Crippen molar-refractivity contribution in [2.45, 2.75) is 72.1 Å². The Morgan fingerprint density at radius 1 is 0.641 bits per heavy atom. The van der Waals surface area contributed by atoms with Gasteiger partial charge in [0.05, 0.1) is 30.2 Å². The fraction of sp³-hybridized carbons (Fsp3) is 0.424. The second-order valence-corrected chi connectivity index (χ2v) is 10.1. The molecule has 0 aliphatic heterocycles. The minimum absolute atomic E-state index is 0.418. The van der Waals surface area contributed by atoms with Gasteiger partial charge in [0, 0.05) is 0 Å². The zero-order chi connectivity index (χ0) is 27.7. The summed E-state index contributed by atoms with van der Waals surface area (Å²) in [6.07, 6.45) is 10.1. The van der Waals surface area contributed by atoms with Crippen molar-refractivity contribution >= 4 is 17.3 Å². The van der Waals surface area contributed by atoms with Crippen LogP contribution < -0.4 is 14.2 Å². The predicted molar refractivity (Wildman–Crippen MR) is 157 cm³/mol. The SMILES string of the molecule is CCCCCCCCCCOc1ccc(C(=O)Oc2ccc(N=Nc3ccc(OCC(C)C)cc3)cc2)cc1. The molecular formula is C33H42N2O4. The van der Waals surface area contributed by atoms with Gasteiger partial charge in [0.1, 0.15) is 17.2 Å². The van der Waals surface area contributed by atoms with Gasteiger partial charge >= 0.3 is 5.97 Å². The lowest BCUT2D eigenvalue weighted by molar-refractivity contribution is 0.0734. The highest BCUT2D eigenvalue weighted by molar-refractivity contribution is 5.91. The molecule has 0 aromatic heterocycles. The highest BCUT2D eigenvalue weighted by Crippen LogP contribution is 2.24. The number of unbranched alkanes of at least 4 members (excludes halogenated alkanes) is 7. The van der Waals surface area contributed by atoms with Crippen molar-refractivity contribution in [2.75, 3.05) is 13.2 Å². The topological polar surface area (TPSA) is 69.5 Å². The van der Waals surface area contributed by atoms with Crippen LogP contribution in [-0.2, 0) is 0 Å². The van der Waals surface area contributed by atoms with Gasteiger partial charge < -0.3 is 14.2 Å². The van der Waals surface area contributed by atoms with Crippen molar-refractivity contribution in [3.63, 3.8) is 0 Å². The van der Waals surface area contributed by atoms with Crippen LogP contribution in [0.4, 0.5) is 11.4 Å². The highest BCUT2D eigenvalue weighted by atomic mass is 16.5. The summed E-state index contributed by atoms with van der Waals surface area (Å²) >= 11 is 0. The number of rotatable bonds is 17. The van der Waals surface area contributed by atoms with Gasteiger partial charge in [-0.3, -0.25) is 0 Å². The Bertz CT molecular complexity index is 1120. The van der Waals surface area contributed by atoms with E-state index in [1.807, 2.05) is 36.4 Å². The maximum Gasteiger partial charge on any atom is 0.343 e. The summed E-state index contributed by atoms with van der Waals surface area (Å²) in [5.74, 6) is 2.08. The van der Waals surface area contributed by atoms with Gasteiger partial charge in [-0.05, 0) is 85.1 Å². The van der Waals surface area contributed by atoms with Crippen molar-refractivity contribution in [3.05, 3.63) is 78.4 Å². The molecule has 0 atom stereocenters. The molecule has 0 heterocycles. The minimum atomic E-state index is -0.418. The normalized spacial score (nSPS) is 11.2. The van der Waals surface area contributed by atoms with Crippen LogP contribution in [0.2, 0.25) is 0 Å². The summed E-state index contributed by atoms with van der Waals surface area (Å²) in [6.45, 7) is 7.84. The van der Waals surface area contributed by atoms with Crippen LogP contribution in [-0.4, -0.2) is 19.2 Å². The van der Waals surface area contributed by atoms with Gasteiger partial charge in [0.15, 0.2) is 0 Å². The lowest BCUT2D eigenvalue weighted by Gasteiger charge is -2.08. The molecule has 6 nitrogen and oxygen atoms in total. The third kappa shape index (κ3) is 11.7. The zero-order valence-corrected chi connectivity index (χ0v) is 23.6. The van der Waals surface area contributed by atoms with Gasteiger partial charge in [-0.2, -0.15) is 10.2 Å². The van der Waals surface area contributed by atoms with Crippen LogP contribution in [0.15, 0.2) is 83.0 Å². The van der Waals surface area contributed by atoms with Crippen LogP contribution in [0.5, 0.6) is 17.2 Å². The number of hydrogen-bond donors (Lipinski definition) is 0. The van der Waals surface area contributed by atoms with E-state index in [0.717, 1.165) is 23.6 Å². The monoisotopic (exact) mass is 530 g/mol. The Labute approximate surface area is 233 Å². The molecule has 0 fully saturated rings. The summed E-state index contributed by atoms with van der Waals surface area (Å²) < 4.78 is 17.0. The van der Waals surface area contributed by atoms with E-state index in [9.17, 15) is 4.79 Å². The Hall–Kier alpha value is -3.67. The summed E-state index contributed by atoms with van der Waals surface area (Å²) in [6, 6.07) is 21.5. The quantitative estimate of drug-likeness (QED) is 0.0753. The Kier molecular flexibility index (Phi) is 13.0. The molecule has 3 rings (SSSR count). The van der Waals surface area contributed by atoms with E-state index in [-0.39, 0.29) is 0 Å². The molecule has 0 aliphatic rings. The van der Waals surface area contributed by atoms with E-state index in [0.29, 0.717) is 36.1 Å². The van der Waals surface area contributed by atoms with Crippen LogP contribution in [0.3, 0.4) is 0 Å². The predicted octanol–water partition coefficient (Wildman–Crippen LogP) is 9.88. The van der Waals surface area contributed by atoms with E-state index >= 15 is 0 Å². The molecule has 3 aromatic carbocycles. The molecule has 0 radical (unpaired) electrons. The molecular weight excluding hydrogens is 488 g/mol. The third-order valence-corrected chi connectivity index (χ3v) is 6.10. The third-order valence-electron chi connectivity index (χ3n) is 6.10. The number of carbonyl (C=O) groups is 1. The molecule has 208 valence electrons. The Morgan fingerprint density at radius 2 is 1.13 bits per heavy atom. The molecule has 0 saturated heterocycles. The molecule has 3 aromatic rings. The fourth-order valence-corrected chi connectivity index (χ4v) is 3.85. The van der Waals surface area contributed by atoms with Crippen LogP contribution in [0, 0.1) is 5.92 Å². The van der Waals surface area contributed by atoms with Crippen molar-refractivity contribution in [2.24, 2.45) is 16.1 Å². The summed E-state index contributed by atoms with van der Waals surface area (Å²) in [4.78, 5) is 12.5. The fourth-order valence-electron chi connectivity index (χ4n) is 3.85. The second-order valence-electron chi connectivity index (χ2n) is 10.1. The van der Waals surface area contributed by atoms with Crippen molar-refractivity contribution in [3.8, 4) is 17.2 Å². The molecule has 0 unspecified atom stereocenters. The van der Waals surface area contributed by atoms with Crippen molar-refractivity contribution in [1.29, 1.82) is 0 Å². The molecule has 0 saturated carbocycles. The number of benzene rings is 3. The number of esters is 1. The molecule has 0 spiro atoms. The van der Waals surface area contributed by atoms with E-state index in [1.54, 1.807) is 36.4 Å². The molecule has 0 aliphatic carbocycles. The minimum Gasteiger partial charge on any atom is -0.494 e. The first-order valence-electron chi connectivity index (χ1n) is 14.2. The maximum atomic E-state index is 12.5. The largest absolute Gasteiger partial charge is 0.494 e. The number of ether oxygens (including phenoxy) is 3. The Morgan fingerprint density at radius 3 is 1.69 bits per heavy atom. The summed E-state index contributed by atoms with van der Waals surface area (Å²) in [7, 11) is 0. The number of carbonyl (C=O) groups excluding carboxylic acids is 1. The molecule has 0 amide bonds. The van der Waals surface area contributed by atoms with Gasteiger partial charge in [-0.25, -0.2) is 4.79 Å². The molecule has 39 heavy (non-hydrogen) atoms. The highest BCUT2D eigenvalue weighted by Gasteiger charge is 2.09. The summed E-state index contributed by atoms with van der Waals surface area (Å²) in [5.41, 5.74) is 1.86. The second kappa shape index (κ2) is 17.0. The van der Waals surface area contributed by atoms with Gasteiger partial charge in [-0.15, -0.1) is 0 Å². The van der Waals surface area contributed by atoms with Crippen LogP contribution in [0.25, 0.3) is 0 Å². The van der Waals surface area contributed by atoms with Gasteiger partial charge in [0.2, 0.25) is 0 Å². The average molecular weight is 531 g/mol. The van der Waals surface area contributed by atoms with Gasteiger partial charge in [-0.1, -0.05) is 65.7 Å². The lowest BCUT2D eigenvalue weighted by Crippen LogP contribution is -2.08. The van der Waals surface area contributed by atoms with Crippen molar-refractivity contribution < 1.29 is 19.0 Å². The van der Waals surface area contributed by atoms with Crippen LogP contribution >= 0.6 is 0 Å². The first-order valence-corrected chi connectivity index (χ1v) is 14.2. The van der Waals surface area contributed by atoms with Crippen molar-refractivity contribution in [1.82, 2.24) is 0 Å². The van der Waals surface area contributed by atoms with E-state index in [1.165, 1.54) is 44.9 Å². The lowest BCUT2D eigenvalue weighted by atomic mass is 10.1. The number of azo groups is 1. The standard InChI is InChI=1S/C33H42N2O4/c1-4-5-6-7-8-9-10-11-24-37-30-18-12-27(13-19-30)33(36)39-32-22-16-29(17-23-32)35-34-28-14-20-31(21-15-28)38-25-26(2)3/h12-23,26H,4-11,24-25H2,1-3H3. The maximum absolute atomic E-state index is 12.5. The van der Waals surface area contributed by atoms with E-state index < -0.39 is 5.97 Å². The molecule has 6 heteroatoms. The smallest absolute Gasteiger partial charge is 0.343 e. The van der Waals surface area contributed by atoms with Gasteiger partial charge in [0.25, 0.3) is 0 Å². The Balaban J connectivity index is 1.38. The average Bonchev–Trinajstić information content (AvgIpc) is 2.95. The van der Waals surface area contributed by atoms with E-state index in [2.05, 4.69) is 31.0 Å². The molecule has 0 N–H and O–H groups in total. The number of hydrogen-bond acceptors (Lipinski definition) is 6. The summed E-state index contributed by atoms with van der Waals surface area (Å²) in [5, 5.41) is 8.51. The first kappa shape index (κ1) is 29.9. The number of nitrogens with zero attached hydrogens (tertiary/aromatic N) is 2. The first-order chi connectivity index (χ1) is 19.0. The zero-order valence-electron chi connectivity index (χ0n) is 23.6. The molecule has 0 bridgehead atoms. The van der Waals surface area contributed by atoms with Crippen LogP contribution in [0.1, 0.15) is 82.5 Å².